The maximum Gasteiger partial charge on any atom is 0.257 e. The van der Waals surface area contributed by atoms with Crippen molar-refractivity contribution in [2.45, 2.75) is 38.8 Å². The van der Waals surface area contributed by atoms with Gasteiger partial charge in [0.1, 0.15) is 11.8 Å². The molecule has 2 aromatic carbocycles. The van der Waals surface area contributed by atoms with Gasteiger partial charge in [0.05, 0.1) is 33.4 Å². The van der Waals surface area contributed by atoms with Crippen LogP contribution in [0, 0.1) is 0 Å². The summed E-state index contributed by atoms with van der Waals surface area (Å²) < 4.78 is 15.7. The van der Waals surface area contributed by atoms with Gasteiger partial charge < -0.3 is 19.1 Å². The molecule has 32 heavy (non-hydrogen) atoms. The Labute approximate surface area is 187 Å². The van der Waals surface area contributed by atoms with Gasteiger partial charge in [0.25, 0.3) is 11.8 Å². The van der Waals surface area contributed by atoms with Crippen LogP contribution in [0.4, 0.5) is 5.69 Å². The third-order valence-electron chi connectivity index (χ3n) is 5.34. The number of hydrogen-bond acceptors (Lipinski definition) is 6. The van der Waals surface area contributed by atoms with E-state index in [-0.39, 0.29) is 18.2 Å². The highest BCUT2D eigenvalue weighted by molar-refractivity contribution is 6.23. The van der Waals surface area contributed by atoms with E-state index < -0.39 is 17.5 Å². The Kier molecular flexibility index (Phi) is 6.43. The monoisotopic (exact) mass is 440 g/mol. The zero-order chi connectivity index (χ0) is 23.6. The van der Waals surface area contributed by atoms with Crippen LogP contribution in [0.25, 0.3) is 0 Å². The second kappa shape index (κ2) is 8.90. The predicted octanol–water partition coefficient (Wildman–Crippen LogP) is 3.29. The number of ether oxygens (including phenoxy) is 3. The summed E-state index contributed by atoms with van der Waals surface area (Å²) >= 11 is 0. The lowest BCUT2D eigenvalue weighted by Gasteiger charge is -2.39. The summed E-state index contributed by atoms with van der Waals surface area (Å²) in [5.41, 5.74) is 0.0530. The van der Waals surface area contributed by atoms with Gasteiger partial charge in [0.15, 0.2) is 11.5 Å². The van der Waals surface area contributed by atoms with E-state index in [1.54, 1.807) is 42.5 Å². The summed E-state index contributed by atoms with van der Waals surface area (Å²) in [7, 11) is 4.54. The van der Waals surface area contributed by atoms with E-state index in [9.17, 15) is 14.4 Å². The first-order valence-corrected chi connectivity index (χ1v) is 10.2. The smallest absolute Gasteiger partial charge is 0.257 e. The maximum absolute atomic E-state index is 13.6. The molecule has 1 aliphatic heterocycles. The number of benzene rings is 2. The predicted molar refractivity (Wildman–Crippen MR) is 119 cm³/mol. The molecule has 0 spiro atoms. The molecule has 8 nitrogen and oxygen atoms in total. The van der Waals surface area contributed by atoms with Crippen LogP contribution < -0.4 is 19.1 Å². The van der Waals surface area contributed by atoms with Gasteiger partial charge in [-0.1, -0.05) is 0 Å². The number of nitrogens with zero attached hydrogens (tertiary/aromatic N) is 2. The number of imide groups is 1. The summed E-state index contributed by atoms with van der Waals surface area (Å²) in [6.45, 7) is 5.50. The second-order valence-electron chi connectivity index (χ2n) is 8.40. The minimum atomic E-state index is -0.926. The van der Waals surface area contributed by atoms with Crippen molar-refractivity contribution >= 4 is 23.4 Å². The number of anilines is 1. The van der Waals surface area contributed by atoms with Crippen molar-refractivity contribution < 1.29 is 28.6 Å². The number of hydrogen-bond donors (Lipinski definition) is 0. The lowest BCUT2D eigenvalue weighted by Crippen LogP contribution is -2.54. The molecule has 3 amide bonds. The van der Waals surface area contributed by atoms with Gasteiger partial charge in [0.2, 0.25) is 5.91 Å². The summed E-state index contributed by atoms with van der Waals surface area (Å²) in [4.78, 5) is 42.3. The quantitative estimate of drug-likeness (QED) is 0.641. The SMILES string of the molecule is COc1ccc(N2C(=O)CC(N(C(=O)c3ccc(OC)c(OC)c3)C(C)(C)C)C2=O)cc1. The lowest BCUT2D eigenvalue weighted by atomic mass is 9.99. The standard InChI is InChI=1S/C24H28N2O6/c1-24(2,3)26(22(28)15-7-12-19(31-5)20(13-15)32-6)18-14-21(27)25(23(18)29)16-8-10-17(30-4)11-9-16/h7-13,18H,14H2,1-6H3. The van der Waals surface area contributed by atoms with Gasteiger partial charge in [-0.25, -0.2) is 4.90 Å². The van der Waals surface area contributed by atoms with E-state index in [1.807, 2.05) is 20.8 Å². The molecule has 1 atom stereocenters. The molecule has 2 aromatic rings. The Balaban J connectivity index is 1.97. The summed E-state index contributed by atoms with van der Waals surface area (Å²) in [6.07, 6.45) is -0.0961. The summed E-state index contributed by atoms with van der Waals surface area (Å²) in [6, 6.07) is 10.6. The molecule has 1 fully saturated rings. The molecule has 0 N–H and O–H groups in total. The molecule has 1 heterocycles. The van der Waals surface area contributed by atoms with E-state index in [0.717, 1.165) is 4.90 Å². The van der Waals surface area contributed by atoms with Crippen LogP contribution in [0.3, 0.4) is 0 Å². The van der Waals surface area contributed by atoms with Crippen molar-refractivity contribution in [2.24, 2.45) is 0 Å². The number of methoxy groups -OCH3 is 3. The molecule has 170 valence electrons. The van der Waals surface area contributed by atoms with Gasteiger partial charge in [-0.3, -0.25) is 14.4 Å². The normalized spacial score (nSPS) is 16.2. The largest absolute Gasteiger partial charge is 0.497 e. The maximum atomic E-state index is 13.6. The lowest BCUT2D eigenvalue weighted by molar-refractivity contribution is -0.123. The second-order valence-corrected chi connectivity index (χ2v) is 8.40. The summed E-state index contributed by atoms with van der Waals surface area (Å²) in [5.74, 6) is 0.332. The molecule has 1 saturated heterocycles. The average Bonchev–Trinajstić information content (AvgIpc) is 3.05. The topological polar surface area (TPSA) is 85.4 Å². The van der Waals surface area contributed by atoms with Gasteiger partial charge in [0, 0.05) is 11.1 Å². The number of amides is 3. The fraction of sp³-hybridized carbons (Fsp3) is 0.375. The van der Waals surface area contributed by atoms with Crippen molar-refractivity contribution in [3.05, 3.63) is 48.0 Å². The van der Waals surface area contributed by atoms with Crippen LogP contribution >= 0.6 is 0 Å². The Morgan fingerprint density at radius 2 is 1.56 bits per heavy atom. The first-order chi connectivity index (χ1) is 15.1. The van der Waals surface area contributed by atoms with Crippen molar-refractivity contribution in [1.29, 1.82) is 0 Å². The zero-order valence-electron chi connectivity index (χ0n) is 19.2. The van der Waals surface area contributed by atoms with Crippen LogP contribution in [0.15, 0.2) is 42.5 Å². The highest BCUT2D eigenvalue weighted by atomic mass is 16.5. The van der Waals surface area contributed by atoms with Crippen LogP contribution in [0.5, 0.6) is 17.2 Å². The third kappa shape index (κ3) is 4.26. The van der Waals surface area contributed by atoms with E-state index in [4.69, 9.17) is 14.2 Å². The van der Waals surface area contributed by atoms with Gasteiger partial charge in [-0.15, -0.1) is 0 Å². The van der Waals surface area contributed by atoms with Crippen molar-refractivity contribution in [3.8, 4) is 17.2 Å². The Bertz CT molecular complexity index is 1030. The Morgan fingerprint density at radius 1 is 0.938 bits per heavy atom. The van der Waals surface area contributed by atoms with E-state index >= 15 is 0 Å². The minimum absolute atomic E-state index is 0.0961. The van der Waals surface area contributed by atoms with E-state index in [2.05, 4.69) is 0 Å². The molecule has 0 radical (unpaired) electrons. The fourth-order valence-corrected chi connectivity index (χ4v) is 3.84. The Morgan fingerprint density at radius 3 is 2.09 bits per heavy atom. The molecule has 0 bridgehead atoms. The molecule has 0 aliphatic carbocycles. The number of carbonyl (C=O) groups excluding carboxylic acids is 3. The van der Waals surface area contributed by atoms with Crippen LogP contribution in [-0.2, 0) is 9.59 Å². The first kappa shape index (κ1) is 23.1. The molecule has 0 aromatic heterocycles. The molecule has 1 unspecified atom stereocenters. The third-order valence-corrected chi connectivity index (χ3v) is 5.34. The number of rotatable bonds is 6. The molecular weight excluding hydrogens is 412 g/mol. The van der Waals surface area contributed by atoms with Crippen molar-refractivity contribution in [1.82, 2.24) is 4.90 Å². The molecule has 3 rings (SSSR count). The van der Waals surface area contributed by atoms with E-state index in [1.165, 1.54) is 26.2 Å². The van der Waals surface area contributed by atoms with Gasteiger partial charge in [-0.2, -0.15) is 0 Å². The fourth-order valence-electron chi connectivity index (χ4n) is 3.84. The summed E-state index contributed by atoms with van der Waals surface area (Å²) in [5, 5.41) is 0. The van der Waals surface area contributed by atoms with Crippen LogP contribution in [0.1, 0.15) is 37.6 Å². The van der Waals surface area contributed by atoms with Gasteiger partial charge in [-0.05, 0) is 63.2 Å². The van der Waals surface area contributed by atoms with E-state index in [0.29, 0.717) is 28.5 Å². The minimum Gasteiger partial charge on any atom is -0.497 e. The molecule has 1 aliphatic rings. The van der Waals surface area contributed by atoms with Crippen LogP contribution in [0.2, 0.25) is 0 Å². The first-order valence-electron chi connectivity index (χ1n) is 10.2. The van der Waals surface area contributed by atoms with Crippen molar-refractivity contribution in [2.75, 3.05) is 26.2 Å². The zero-order valence-corrected chi connectivity index (χ0v) is 19.2. The molecule has 8 heteroatoms. The van der Waals surface area contributed by atoms with Crippen molar-refractivity contribution in [3.63, 3.8) is 0 Å². The van der Waals surface area contributed by atoms with Crippen LogP contribution in [-0.4, -0.2) is 55.5 Å². The molecular formula is C24H28N2O6. The average molecular weight is 440 g/mol. The highest BCUT2D eigenvalue weighted by Crippen LogP contribution is 2.33. The van der Waals surface area contributed by atoms with Gasteiger partial charge >= 0.3 is 0 Å². The number of carbonyl (C=O) groups is 3. The Hall–Kier alpha value is -3.55. The molecule has 0 saturated carbocycles. The highest BCUT2D eigenvalue weighted by Gasteiger charge is 2.47.